The Balaban J connectivity index is 1.31. The van der Waals surface area contributed by atoms with Gasteiger partial charge in [-0.15, -0.1) is 11.8 Å². The maximum absolute atomic E-state index is 12.9. The van der Waals surface area contributed by atoms with E-state index in [4.69, 9.17) is 9.84 Å². The number of hydrogen-bond donors (Lipinski definition) is 1. The molecule has 2 saturated heterocycles. The van der Waals surface area contributed by atoms with Crippen molar-refractivity contribution in [2.75, 3.05) is 51.0 Å². The molecule has 0 aromatic carbocycles. The van der Waals surface area contributed by atoms with Gasteiger partial charge in [-0.05, 0) is 18.2 Å². The van der Waals surface area contributed by atoms with Crippen molar-refractivity contribution in [2.24, 2.45) is 0 Å². The topological polar surface area (TPSA) is 86.2 Å². The quantitative estimate of drug-likeness (QED) is 0.283. The summed E-state index contributed by atoms with van der Waals surface area (Å²) in [6.07, 6.45) is 5.17. The number of rotatable bonds is 7. The van der Waals surface area contributed by atoms with E-state index in [0.29, 0.717) is 18.0 Å². The van der Waals surface area contributed by atoms with Gasteiger partial charge in [0.1, 0.15) is 23.1 Å². The van der Waals surface area contributed by atoms with Crippen molar-refractivity contribution >= 4 is 35.4 Å². The summed E-state index contributed by atoms with van der Waals surface area (Å²) in [6, 6.07) is 3.53. The van der Waals surface area contributed by atoms with Crippen molar-refractivity contribution in [1.82, 2.24) is 19.7 Å². The van der Waals surface area contributed by atoms with Crippen LogP contribution in [0.5, 0.6) is 0 Å². The molecule has 1 unspecified atom stereocenters. The number of β-amino-alcohol motifs (C(OH)–C–C–N with tert-alkyl or cyclic N) is 1. The molecule has 3 aliphatic rings. The van der Waals surface area contributed by atoms with E-state index in [0.717, 1.165) is 31.1 Å². The molecule has 2 fully saturated rings. The lowest BCUT2D eigenvalue weighted by Gasteiger charge is -2.53. The predicted molar refractivity (Wildman–Crippen MR) is 111 cm³/mol. The Bertz CT molecular complexity index is 771. The van der Waals surface area contributed by atoms with E-state index in [-0.39, 0.29) is 29.9 Å². The fraction of sp³-hybridized carbons (Fsp3) is 0.526. The molecule has 2 atom stereocenters. The van der Waals surface area contributed by atoms with Crippen LogP contribution >= 0.6 is 23.5 Å². The van der Waals surface area contributed by atoms with Crippen LogP contribution in [0.15, 0.2) is 41.2 Å². The molecule has 0 saturated carbocycles. The van der Waals surface area contributed by atoms with Crippen LogP contribution in [0.1, 0.15) is 0 Å². The molecule has 156 valence electrons. The van der Waals surface area contributed by atoms with Crippen LogP contribution in [0.4, 0.5) is 0 Å². The highest BCUT2D eigenvalue weighted by atomic mass is 32.2. The third-order valence-corrected chi connectivity index (χ3v) is 7.32. The zero-order valence-corrected chi connectivity index (χ0v) is 17.6. The largest absolute Gasteiger partial charge is 0.450 e. The number of carbonyl (C=O) groups excluding carboxylic acids is 2. The van der Waals surface area contributed by atoms with Crippen LogP contribution in [0.25, 0.3) is 0 Å². The highest BCUT2D eigenvalue weighted by molar-refractivity contribution is 8.00. The molecule has 1 aromatic rings. The number of aromatic nitrogens is 1. The molecule has 4 heterocycles. The first-order valence-corrected chi connectivity index (χ1v) is 11.6. The van der Waals surface area contributed by atoms with Gasteiger partial charge in [0.25, 0.3) is 0 Å². The fourth-order valence-electron chi connectivity index (χ4n) is 3.78. The molecule has 0 bridgehead atoms. The van der Waals surface area contributed by atoms with Gasteiger partial charge in [0.2, 0.25) is 5.91 Å². The van der Waals surface area contributed by atoms with Crippen LogP contribution in [0.3, 0.4) is 0 Å². The van der Waals surface area contributed by atoms with Gasteiger partial charge < -0.3 is 9.84 Å². The van der Waals surface area contributed by atoms with Gasteiger partial charge in [-0.25, -0.2) is 4.79 Å². The van der Waals surface area contributed by atoms with Gasteiger partial charge in [0, 0.05) is 55.8 Å². The summed E-state index contributed by atoms with van der Waals surface area (Å²) >= 11 is 3.10. The maximum atomic E-state index is 12.9. The number of fused-ring (bicyclic) bond motifs is 1. The van der Waals surface area contributed by atoms with E-state index >= 15 is 0 Å². The predicted octanol–water partition coefficient (Wildman–Crippen LogP) is 0.452. The number of hydrogen-bond acceptors (Lipinski definition) is 9. The molecule has 1 aromatic heterocycles. The van der Waals surface area contributed by atoms with Crippen molar-refractivity contribution in [3.8, 4) is 0 Å². The highest BCUT2D eigenvalue weighted by Crippen LogP contribution is 2.40. The van der Waals surface area contributed by atoms with Gasteiger partial charge in [-0.2, -0.15) is 0 Å². The first-order valence-electron chi connectivity index (χ1n) is 9.61. The van der Waals surface area contributed by atoms with Crippen LogP contribution in [0.2, 0.25) is 0 Å². The lowest BCUT2D eigenvalue weighted by Crippen LogP contribution is -2.72. The van der Waals surface area contributed by atoms with Crippen molar-refractivity contribution in [1.29, 1.82) is 0 Å². The first kappa shape index (κ1) is 20.7. The SMILES string of the molecule is O=C(OCSc1ccncc1)C1=CCS[C@H]2C(N3CCN(CCO)CC3)C(=O)N12. The van der Waals surface area contributed by atoms with E-state index in [2.05, 4.69) is 14.8 Å². The summed E-state index contributed by atoms with van der Waals surface area (Å²) in [6.45, 7) is 4.12. The van der Waals surface area contributed by atoms with Crippen LogP contribution < -0.4 is 0 Å². The molecule has 29 heavy (non-hydrogen) atoms. The molecule has 0 spiro atoms. The second kappa shape index (κ2) is 9.48. The fourth-order valence-corrected chi connectivity index (χ4v) is 5.68. The molecular weight excluding hydrogens is 412 g/mol. The number of β-lactam (4-membered cyclic amide) rings is 1. The molecule has 3 aliphatic heterocycles. The third kappa shape index (κ3) is 4.46. The van der Waals surface area contributed by atoms with Crippen molar-refractivity contribution < 1.29 is 19.4 Å². The Kier molecular flexibility index (Phi) is 6.76. The summed E-state index contributed by atoms with van der Waals surface area (Å²) in [5, 5.41) is 9.05. The van der Waals surface area contributed by atoms with Gasteiger partial charge in [0.15, 0.2) is 0 Å². The van der Waals surface area contributed by atoms with E-state index in [1.807, 2.05) is 12.1 Å². The van der Waals surface area contributed by atoms with E-state index < -0.39 is 5.97 Å². The minimum atomic E-state index is -0.448. The van der Waals surface area contributed by atoms with Crippen LogP contribution in [-0.2, 0) is 14.3 Å². The highest BCUT2D eigenvalue weighted by Gasteiger charge is 2.54. The van der Waals surface area contributed by atoms with Gasteiger partial charge in [-0.1, -0.05) is 11.8 Å². The molecule has 1 N–H and O–H groups in total. The summed E-state index contributed by atoms with van der Waals surface area (Å²) in [4.78, 5) is 36.4. The molecular formula is C19H24N4O4S2. The number of aliphatic hydroxyl groups is 1. The Morgan fingerprint density at radius 2 is 2.03 bits per heavy atom. The number of piperazine rings is 1. The van der Waals surface area contributed by atoms with Crippen molar-refractivity contribution in [3.05, 3.63) is 36.3 Å². The van der Waals surface area contributed by atoms with Crippen LogP contribution in [-0.4, -0.2) is 99.1 Å². The Morgan fingerprint density at radius 3 is 2.76 bits per heavy atom. The smallest absolute Gasteiger partial charge is 0.355 e. The number of esters is 1. The molecule has 1 amide bonds. The number of amides is 1. The summed E-state index contributed by atoms with van der Waals surface area (Å²) in [5.74, 6) is 0.410. The molecule has 0 aliphatic carbocycles. The number of carbonyl (C=O) groups is 2. The summed E-state index contributed by atoms with van der Waals surface area (Å²) in [5.41, 5.74) is 0.365. The number of aliphatic hydroxyl groups excluding tert-OH is 1. The molecule has 4 rings (SSSR count). The number of pyridine rings is 1. The monoisotopic (exact) mass is 436 g/mol. The lowest BCUT2D eigenvalue weighted by atomic mass is 10.0. The minimum absolute atomic E-state index is 0.0252. The second-order valence-corrected chi connectivity index (χ2v) is 9.09. The number of nitrogens with zero attached hydrogens (tertiary/aromatic N) is 4. The maximum Gasteiger partial charge on any atom is 0.355 e. The van der Waals surface area contributed by atoms with Gasteiger partial charge >= 0.3 is 5.97 Å². The normalized spacial score (nSPS) is 25.2. The average molecular weight is 437 g/mol. The zero-order chi connectivity index (χ0) is 20.2. The van der Waals surface area contributed by atoms with E-state index in [1.165, 1.54) is 11.8 Å². The summed E-state index contributed by atoms with van der Waals surface area (Å²) in [7, 11) is 0. The molecule has 0 radical (unpaired) electrons. The second-order valence-electron chi connectivity index (χ2n) is 6.94. The minimum Gasteiger partial charge on any atom is -0.450 e. The van der Waals surface area contributed by atoms with Gasteiger partial charge in [0.05, 0.1) is 6.61 Å². The van der Waals surface area contributed by atoms with Gasteiger partial charge in [-0.3, -0.25) is 24.5 Å². The van der Waals surface area contributed by atoms with Crippen molar-refractivity contribution in [3.63, 3.8) is 0 Å². The number of ether oxygens (including phenoxy) is 1. The average Bonchev–Trinajstić information content (AvgIpc) is 2.75. The van der Waals surface area contributed by atoms with E-state index in [1.54, 1.807) is 35.1 Å². The standard InChI is InChI=1S/C19H24N4O4S2/c24-11-10-21-6-8-22(9-7-21)16-17(25)23-15(3-12-28-18(16)23)19(26)27-13-29-14-1-4-20-5-2-14/h1-5,16,18,24H,6-13H2/t16?,18-/m0/s1. The lowest BCUT2D eigenvalue weighted by molar-refractivity contribution is -0.156. The third-order valence-electron chi connectivity index (χ3n) is 5.31. The van der Waals surface area contributed by atoms with Crippen molar-refractivity contribution in [2.45, 2.75) is 16.3 Å². The first-order chi connectivity index (χ1) is 14.2. The van der Waals surface area contributed by atoms with Crippen LogP contribution in [0, 0.1) is 0 Å². The summed E-state index contributed by atoms with van der Waals surface area (Å²) < 4.78 is 5.40. The molecule has 8 nitrogen and oxygen atoms in total. The molecule has 10 heteroatoms. The van der Waals surface area contributed by atoms with E-state index in [9.17, 15) is 9.59 Å². The number of thioether (sulfide) groups is 2. The Labute approximate surface area is 178 Å². The zero-order valence-electron chi connectivity index (χ0n) is 16.0. The Hall–Kier alpha value is -1.59. The Morgan fingerprint density at radius 1 is 1.28 bits per heavy atom.